The summed E-state index contributed by atoms with van der Waals surface area (Å²) < 4.78 is 0. The molecule has 0 aromatic carbocycles. The van der Waals surface area contributed by atoms with Gasteiger partial charge in [0.25, 0.3) is 0 Å². The molecule has 2 fully saturated rings. The standard InChI is InChI=1S/C14H27N3O/c1-11(2)8-13-15-9-14(18)17(13)10-12(3)16-6-4-5-7-16/h11-13,15H,4-10H2,1-3H3. The van der Waals surface area contributed by atoms with E-state index < -0.39 is 0 Å². The minimum Gasteiger partial charge on any atom is -0.324 e. The van der Waals surface area contributed by atoms with E-state index in [4.69, 9.17) is 0 Å². The largest absolute Gasteiger partial charge is 0.324 e. The van der Waals surface area contributed by atoms with Crippen molar-refractivity contribution >= 4 is 5.91 Å². The van der Waals surface area contributed by atoms with E-state index >= 15 is 0 Å². The zero-order valence-corrected chi connectivity index (χ0v) is 12.0. The average Bonchev–Trinajstić information content (AvgIpc) is 2.92. The summed E-state index contributed by atoms with van der Waals surface area (Å²) in [5.74, 6) is 0.893. The summed E-state index contributed by atoms with van der Waals surface area (Å²) in [7, 11) is 0. The molecule has 0 bridgehead atoms. The highest BCUT2D eigenvalue weighted by Crippen LogP contribution is 2.18. The summed E-state index contributed by atoms with van der Waals surface area (Å²) in [6.07, 6.45) is 3.93. The maximum absolute atomic E-state index is 12.0. The van der Waals surface area contributed by atoms with Gasteiger partial charge in [0, 0.05) is 12.6 Å². The van der Waals surface area contributed by atoms with Gasteiger partial charge in [-0.05, 0) is 45.2 Å². The molecule has 2 rings (SSSR count). The van der Waals surface area contributed by atoms with E-state index in [-0.39, 0.29) is 12.1 Å². The SMILES string of the molecule is CC(C)CC1NCC(=O)N1CC(C)N1CCCC1. The summed E-state index contributed by atoms with van der Waals surface area (Å²) >= 11 is 0. The second-order valence-electron chi connectivity index (χ2n) is 6.16. The molecule has 18 heavy (non-hydrogen) atoms. The minimum atomic E-state index is 0.252. The van der Waals surface area contributed by atoms with Gasteiger partial charge in [-0.25, -0.2) is 0 Å². The van der Waals surface area contributed by atoms with Crippen molar-refractivity contribution in [3.05, 3.63) is 0 Å². The van der Waals surface area contributed by atoms with Gasteiger partial charge in [-0.15, -0.1) is 0 Å². The van der Waals surface area contributed by atoms with Crippen molar-refractivity contribution in [1.82, 2.24) is 15.1 Å². The van der Waals surface area contributed by atoms with Gasteiger partial charge in [0.15, 0.2) is 0 Å². The van der Waals surface area contributed by atoms with Gasteiger partial charge in [-0.3, -0.25) is 15.0 Å². The van der Waals surface area contributed by atoms with Crippen LogP contribution in [0.15, 0.2) is 0 Å². The molecule has 0 radical (unpaired) electrons. The molecule has 0 saturated carbocycles. The zero-order valence-electron chi connectivity index (χ0n) is 12.0. The van der Waals surface area contributed by atoms with Crippen molar-refractivity contribution in [3.8, 4) is 0 Å². The van der Waals surface area contributed by atoms with Crippen LogP contribution in [0, 0.1) is 5.92 Å². The lowest BCUT2D eigenvalue weighted by molar-refractivity contribution is -0.128. The fourth-order valence-corrected chi connectivity index (χ4v) is 3.06. The van der Waals surface area contributed by atoms with E-state index in [1.807, 2.05) is 0 Å². The van der Waals surface area contributed by atoms with Gasteiger partial charge in [0.2, 0.25) is 5.91 Å². The third-order valence-electron chi connectivity index (χ3n) is 4.11. The van der Waals surface area contributed by atoms with Crippen LogP contribution in [0.2, 0.25) is 0 Å². The lowest BCUT2D eigenvalue weighted by atomic mass is 10.1. The fourth-order valence-electron chi connectivity index (χ4n) is 3.06. The highest BCUT2D eigenvalue weighted by molar-refractivity contribution is 5.80. The predicted molar refractivity (Wildman–Crippen MR) is 73.2 cm³/mol. The molecule has 4 heteroatoms. The molecule has 2 heterocycles. The molecular formula is C14H27N3O. The Bertz CT molecular complexity index is 287. The maximum atomic E-state index is 12.0. The van der Waals surface area contributed by atoms with E-state index in [0.717, 1.165) is 13.0 Å². The normalized spacial score (nSPS) is 27.4. The van der Waals surface area contributed by atoms with Crippen LogP contribution in [0.3, 0.4) is 0 Å². The summed E-state index contributed by atoms with van der Waals surface area (Å²) in [6, 6.07) is 0.492. The Morgan fingerprint density at radius 1 is 1.28 bits per heavy atom. The second-order valence-corrected chi connectivity index (χ2v) is 6.16. The van der Waals surface area contributed by atoms with Gasteiger partial charge < -0.3 is 4.90 Å². The number of carbonyl (C=O) groups excluding carboxylic acids is 1. The number of likely N-dealkylation sites (tertiary alicyclic amines) is 1. The van der Waals surface area contributed by atoms with Crippen molar-refractivity contribution in [3.63, 3.8) is 0 Å². The smallest absolute Gasteiger partial charge is 0.237 e. The number of hydrogen-bond donors (Lipinski definition) is 1. The number of nitrogens with one attached hydrogen (secondary N) is 1. The quantitative estimate of drug-likeness (QED) is 0.801. The molecule has 2 aliphatic heterocycles. The Hall–Kier alpha value is -0.610. The van der Waals surface area contributed by atoms with Crippen LogP contribution in [0.5, 0.6) is 0 Å². The first-order chi connectivity index (χ1) is 8.58. The van der Waals surface area contributed by atoms with Crippen molar-refractivity contribution in [2.24, 2.45) is 5.92 Å². The number of rotatable bonds is 5. The third-order valence-corrected chi connectivity index (χ3v) is 4.11. The predicted octanol–water partition coefficient (Wildman–Crippen LogP) is 1.27. The van der Waals surface area contributed by atoms with Crippen LogP contribution < -0.4 is 5.32 Å². The lowest BCUT2D eigenvalue weighted by Gasteiger charge is -2.32. The molecule has 2 atom stereocenters. The lowest BCUT2D eigenvalue weighted by Crippen LogP contribution is -2.46. The van der Waals surface area contributed by atoms with Gasteiger partial charge in [-0.1, -0.05) is 13.8 Å². The molecule has 104 valence electrons. The number of amides is 1. The zero-order chi connectivity index (χ0) is 13.1. The van der Waals surface area contributed by atoms with Crippen molar-refractivity contribution in [2.45, 2.75) is 52.2 Å². The molecule has 2 aliphatic rings. The van der Waals surface area contributed by atoms with Crippen LogP contribution in [0.4, 0.5) is 0 Å². The van der Waals surface area contributed by atoms with E-state index in [2.05, 4.69) is 35.9 Å². The average molecular weight is 253 g/mol. The molecular weight excluding hydrogens is 226 g/mol. The summed E-state index contributed by atoms with van der Waals surface area (Å²) in [5, 5.41) is 3.34. The van der Waals surface area contributed by atoms with Crippen molar-refractivity contribution in [2.75, 3.05) is 26.2 Å². The molecule has 0 aliphatic carbocycles. The highest BCUT2D eigenvalue weighted by atomic mass is 16.2. The molecule has 2 unspecified atom stereocenters. The Labute approximate surface area is 111 Å². The van der Waals surface area contributed by atoms with Crippen LogP contribution in [-0.2, 0) is 4.79 Å². The second kappa shape index (κ2) is 6.02. The first-order valence-electron chi connectivity index (χ1n) is 7.35. The Kier molecular flexibility index (Phi) is 4.62. The van der Waals surface area contributed by atoms with Crippen LogP contribution in [0.25, 0.3) is 0 Å². The number of hydrogen-bond acceptors (Lipinski definition) is 3. The van der Waals surface area contributed by atoms with Crippen molar-refractivity contribution < 1.29 is 4.79 Å². The van der Waals surface area contributed by atoms with Gasteiger partial charge in [0.1, 0.15) is 0 Å². The first kappa shape index (κ1) is 13.8. The Balaban J connectivity index is 1.90. The molecule has 0 spiro atoms. The summed E-state index contributed by atoms with van der Waals surface area (Å²) in [5.41, 5.74) is 0. The Morgan fingerprint density at radius 2 is 1.94 bits per heavy atom. The van der Waals surface area contributed by atoms with E-state index in [9.17, 15) is 4.79 Å². The van der Waals surface area contributed by atoms with Gasteiger partial charge in [0.05, 0.1) is 12.7 Å². The van der Waals surface area contributed by atoms with E-state index in [0.29, 0.717) is 18.5 Å². The molecule has 0 aromatic rings. The molecule has 4 nitrogen and oxygen atoms in total. The summed E-state index contributed by atoms with van der Waals surface area (Å²) in [6.45, 7) is 10.5. The highest BCUT2D eigenvalue weighted by Gasteiger charge is 2.32. The van der Waals surface area contributed by atoms with Crippen LogP contribution in [-0.4, -0.2) is 54.1 Å². The first-order valence-corrected chi connectivity index (χ1v) is 7.35. The van der Waals surface area contributed by atoms with Crippen LogP contribution >= 0.6 is 0 Å². The van der Waals surface area contributed by atoms with E-state index in [1.54, 1.807) is 0 Å². The molecule has 1 N–H and O–H groups in total. The number of carbonyl (C=O) groups is 1. The minimum absolute atomic E-state index is 0.252. The molecule has 2 saturated heterocycles. The van der Waals surface area contributed by atoms with E-state index in [1.165, 1.54) is 25.9 Å². The van der Waals surface area contributed by atoms with Crippen LogP contribution in [0.1, 0.15) is 40.0 Å². The topological polar surface area (TPSA) is 35.6 Å². The van der Waals surface area contributed by atoms with Crippen molar-refractivity contribution in [1.29, 1.82) is 0 Å². The Morgan fingerprint density at radius 3 is 2.56 bits per heavy atom. The van der Waals surface area contributed by atoms with Gasteiger partial charge >= 0.3 is 0 Å². The summed E-state index contributed by atoms with van der Waals surface area (Å²) in [4.78, 5) is 16.5. The molecule has 0 aromatic heterocycles. The fraction of sp³-hybridized carbons (Fsp3) is 0.929. The maximum Gasteiger partial charge on any atom is 0.237 e. The monoisotopic (exact) mass is 253 g/mol. The van der Waals surface area contributed by atoms with Gasteiger partial charge in [-0.2, -0.15) is 0 Å². The third kappa shape index (κ3) is 3.23. The molecule has 1 amide bonds. The number of nitrogens with zero attached hydrogens (tertiary/aromatic N) is 2.